The number of hydrogen-bond donors (Lipinski definition) is 1. The molecule has 1 aliphatic heterocycles. The summed E-state index contributed by atoms with van der Waals surface area (Å²) in [6.07, 6.45) is 2.05. The van der Waals surface area contributed by atoms with Gasteiger partial charge in [0, 0.05) is 28.6 Å². The number of nitrogens with one attached hydrogen (secondary N) is 1. The van der Waals surface area contributed by atoms with Gasteiger partial charge in [0.15, 0.2) is 9.84 Å². The van der Waals surface area contributed by atoms with E-state index in [0.29, 0.717) is 17.8 Å². The number of nitrogens with zero attached hydrogens (tertiary/aromatic N) is 1. The zero-order valence-electron chi connectivity index (χ0n) is 19.1. The number of carbonyl (C=O) groups is 2. The van der Waals surface area contributed by atoms with Crippen LogP contribution in [0.15, 0.2) is 59.5 Å². The Morgan fingerprint density at radius 1 is 1.03 bits per heavy atom. The molecule has 0 unspecified atom stereocenters. The fourth-order valence-corrected chi connectivity index (χ4v) is 5.20. The molecule has 172 valence electrons. The van der Waals surface area contributed by atoms with Gasteiger partial charge in [0.2, 0.25) is 5.91 Å². The first-order valence-corrected chi connectivity index (χ1v) is 12.8. The van der Waals surface area contributed by atoms with Gasteiger partial charge in [0.25, 0.3) is 5.91 Å². The van der Waals surface area contributed by atoms with Gasteiger partial charge >= 0.3 is 0 Å². The molecular formula is C26H28N2O4S. The molecule has 0 fully saturated rings. The molecule has 1 heterocycles. The summed E-state index contributed by atoms with van der Waals surface area (Å²) in [5.74, 6) is -0.203. The predicted octanol–water partition coefficient (Wildman–Crippen LogP) is 4.96. The zero-order chi connectivity index (χ0) is 23.8. The Morgan fingerprint density at radius 3 is 2.42 bits per heavy atom. The van der Waals surface area contributed by atoms with Crippen molar-refractivity contribution in [2.24, 2.45) is 0 Å². The first-order valence-electron chi connectivity index (χ1n) is 11.2. The Balaban J connectivity index is 1.55. The lowest BCUT2D eigenvalue weighted by Gasteiger charge is -2.17. The van der Waals surface area contributed by atoms with Crippen molar-refractivity contribution < 1.29 is 18.0 Å². The van der Waals surface area contributed by atoms with Gasteiger partial charge in [-0.1, -0.05) is 37.6 Å². The largest absolute Gasteiger partial charge is 0.325 e. The molecule has 4 rings (SSSR count). The highest BCUT2D eigenvalue weighted by molar-refractivity contribution is 7.92. The van der Waals surface area contributed by atoms with Crippen molar-refractivity contribution in [2.45, 2.75) is 50.2 Å². The van der Waals surface area contributed by atoms with E-state index in [1.807, 2.05) is 35.2 Å². The fourth-order valence-electron chi connectivity index (χ4n) is 4.14. The smallest absolute Gasteiger partial charge is 0.258 e. The minimum Gasteiger partial charge on any atom is -0.325 e. The summed E-state index contributed by atoms with van der Waals surface area (Å²) in [5, 5.41) is 4.18. The number of rotatable bonds is 8. The predicted molar refractivity (Wildman–Crippen MR) is 132 cm³/mol. The Morgan fingerprint density at radius 2 is 1.76 bits per heavy atom. The Kier molecular flexibility index (Phi) is 6.26. The monoisotopic (exact) mass is 464 g/mol. The standard InChI is InChI=1S/C26H28N2O4S/c1-4-5-15-28-23-14-13-22(20-7-6-8-21(25(20)23)26(28)30)27-24(29)16-18-9-11-19(12-10-18)33(31,32)17(2)3/h6-14,17H,4-5,15-16H2,1-3H3,(H,27,29). The van der Waals surface area contributed by atoms with Crippen LogP contribution in [0.3, 0.4) is 0 Å². The number of hydrogen-bond acceptors (Lipinski definition) is 4. The molecule has 0 saturated carbocycles. The lowest BCUT2D eigenvalue weighted by Crippen LogP contribution is -2.27. The topological polar surface area (TPSA) is 83.6 Å². The first-order chi connectivity index (χ1) is 15.7. The summed E-state index contributed by atoms with van der Waals surface area (Å²) < 4.78 is 24.6. The molecule has 3 aromatic rings. The molecule has 6 nitrogen and oxygen atoms in total. The maximum atomic E-state index is 12.9. The van der Waals surface area contributed by atoms with Gasteiger partial charge in [-0.3, -0.25) is 9.59 Å². The molecule has 0 bridgehead atoms. The normalized spacial score (nSPS) is 13.2. The lowest BCUT2D eigenvalue weighted by molar-refractivity contribution is -0.115. The Bertz CT molecular complexity index is 1330. The van der Waals surface area contributed by atoms with E-state index in [1.165, 1.54) is 0 Å². The third kappa shape index (κ3) is 4.25. The van der Waals surface area contributed by atoms with E-state index in [9.17, 15) is 18.0 Å². The molecule has 0 radical (unpaired) electrons. The highest BCUT2D eigenvalue weighted by Crippen LogP contribution is 2.40. The van der Waals surface area contributed by atoms with Crippen LogP contribution in [0.1, 0.15) is 49.5 Å². The Labute approximate surface area is 194 Å². The summed E-state index contributed by atoms with van der Waals surface area (Å²) in [7, 11) is -3.34. The van der Waals surface area contributed by atoms with E-state index >= 15 is 0 Å². The van der Waals surface area contributed by atoms with Gasteiger partial charge in [-0.25, -0.2) is 8.42 Å². The SMILES string of the molecule is CCCCN1C(=O)c2cccc3c(NC(=O)Cc4ccc(S(=O)(=O)C(C)C)cc4)ccc1c23. The number of unbranched alkanes of at least 4 members (excludes halogenated alkanes) is 1. The van der Waals surface area contributed by atoms with Gasteiger partial charge in [-0.05, 0) is 56.2 Å². The third-order valence-electron chi connectivity index (χ3n) is 6.03. The van der Waals surface area contributed by atoms with Crippen LogP contribution in [0.2, 0.25) is 0 Å². The van der Waals surface area contributed by atoms with E-state index in [2.05, 4.69) is 12.2 Å². The van der Waals surface area contributed by atoms with Gasteiger partial charge < -0.3 is 10.2 Å². The summed E-state index contributed by atoms with van der Waals surface area (Å²) in [4.78, 5) is 27.7. The van der Waals surface area contributed by atoms with E-state index < -0.39 is 15.1 Å². The molecule has 0 spiro atoms. The quantitative estimate of drug-likeness (QED) is 0.511. The van der Waals surface area contributed by atoms with Gasteiger partial charge in [-0.2, -0.15) is 0 Å². The van der Waals surface area contributed by atoms with E-state index in [4.69, 9.17) is 0 Å². The molecule has 2 amide bonds. The van der Waals surface area contributed by atoms with E-state index in [-0.39, 0.29) is 23.1 Å². The number of amides is 2. The molecule has 7 heteroatoms. The average molecular weight is 465 g/mol. The maximum Gasteiger partial charge on any atom is 0.258 e. The van der Waals surface area contributed by atoms with Crippen molar-refractivity contribution in [3.63, 3.8) is 0 Å². The molecule has 0 aliphatic carbocycles. The van der Waals surface area contributed by atoms with Crippen molar-refractivity contribution in [1.82, 2.24) is 0 Å². The molecule has 3 aromatic carbocycles. The van der Waals surface area contributed by atoms with Crippen molar-refractivity contribution in [1.29, 1.82) is 0 Å². The molecule has 33 heavy (non-hydrogen) atoms. The van der Waals surface area contributed by atoms with E-state index in [0.717, 1.165) is 34.9 Å². The highest BCUT2D eigenvalue weighted by atomic mass is 32.2. The maximum absolute atomic E-state index is 12.9. The van der Waals surface area contributed by atoms with Crippen LogP contribution < -0.4 is 10.2 Å². The first kappa shape index (κ1) is 23.0. The van der Waals surface area contributed by atoms with Crippen LogP contribution in [0.25, 0.3) is 10.8 Å². The van der Waals surface area contributed by atoms with Gasteiger partial charge in [0.05, 0.1) is 22.3 Å². The lowest BCUT2D eigenvalue weighted by atomic mass is 10.0. The van der Waals surface area contributed by atoms with Crippen LogP contribution in [0.5, 0.6) is 0 Å². The molecule has 0 aromatic heterocycles. The molecule has 1 aliphatic rings. The zero-order valence-corrected chi connectivity index (χ0v) is 19.9. The highest BCUT2D eigenvalue weighted by Gasteiger charge is 2.30. The van der Waals surface area contributed by atoms with Crippen molar-refractivity contribution in [2.75, 3.05) is 16.8 Å². The van der Waals surface area contributed by atoms with Crippen molar-refractivity contribution in [3.8, 4) is 0 Å². The van der Waals surface area contributed by atoms with Crippen molar-refractivity contribution in [3.05, 3.63) is 65.7 Å². The van der Waals surface area contributed by atoms with E-state index in [1.54, 1.807) is 38.1 Å². The second-order valence-corrected chi connectivity index (χ2v) is 11.1. The van der Waals surface area contributed by atoms with Crippen molar-refractivity contribution >= 4 is 43.8 Å². The number of anilines is 2. The third-order valence-corrected chi connectivity index (χ3v) is 8.20. The van der Waals surface area contributed by atoms with Crippen LogP contribution in [-0.2, 0) is 21.1 Å². The molecule has 0 saturated heterocycles. The van der Waals surface area contributed by atoms with Gasteiger partial charge in [0.1, 0.15) is 0 Å². The molecular weight excluding hydrogens is 436 g/mol. The number of carbonyl (C=O) groups excluding carboxylic acids is 2. The Hall–Kier alpha value is -3.19. The minimum absolute atomic E-state index is 0.00367. The summed E-state index contributed by atoms with van der Waals surface area (Å²) in [6.45, 7) is 6.06. The molecule has 0 atom stereocenters. The number of sulfone groups is 1. The number of benzene rings is 3. The summed E-state index contributed by atoms with van der Waals surface area (Å²) in [5.41, 5.74) is 2.93. The van der Waals surface area contributed by atoms with Crippen LogP contribution >= 0.6 is 0 Å². The summed E-state index contributed by atoms with van der Waals surface area (Å²) >= 11 is 0. The van der Waals surface area contributed by atoms with Crippen LogP contribution in [0, 0.1) is 0 Å². The summed E-state index contributed by atoms with van der Waals surface area (Å²) in [6, 6.07) is 15.8. The average Bonchev–Trinajstić information content (AvgIpc) is 3.06. The second kappa shape index (κ2) is 8.98. The van der Waals surface area contributed by atoms with Crippen LogP contribution in [0.4, 0.5) is 11.4 Å². The van der Waals surface area contributed by atoms with Gasteiger partial charge in [-0.15, -0.1) is 0 Å². The fraction of sp³-hybridized carbons (Fsp3) is 0.308. The minimum atomic E-state index is -3.34. The van der Waals surface area contributed by atoms with Crippen LogP contribution in [-0.4, -0.2) is 32.0 Å². The molecule has 1 N–H and O–H groups in total. The second-order valence-electron chi connectivity index (χ2n) is 8.63.